The molecule has 0 radical (unpaired) electrons. The number of rotatable bonds is 4. The van der Waals surface area contributed by atoms with E-state index in [0.29, 0.717) is 17.4 Å². The summed E-state index contributed by atoms with van der Waals surface area (Å²) in [7, 11) is 0. The lowest BCUT2D eigenvalue weighted by atomic mass is 10.1. The maximum Gasteiger partial charge on any atom is 0.452 e. The van der Waals surface area contributed by atoms with Crippen LogP contribution in [0, 0.1) is 10.1 Å². The summed E-state index contributed by atoms with van der Waals surface area (Å²) in [5.74, 6) is 0.823. The van der Waals surface area contributed by atoms with Gasteiger partial charge in [0.2, 0.25) is 0 Å². The van der Waals surface area contributed by atoms with Crippen LogP contribution in [0.5, 0.6) is 0 Å². The Labute approximate surface area is 196 Å². The number of ether oxygens (including phenoxy) is 1. The molecule has 3 aromatic carbocycles. The highest BCUT2D eigenvalue weighted by atomic mass is 16.6. The predicted octanol–water partition coefficient (Wildman–Crippen LogP) is 5.38. The number of hydrazone groups is 2. The predicted molar refractivity (Wildman–Crippen MR) is 130 cm³/mol. The van der Waals surface area contributed by atoms with Gasteiger partial charge in [0.1, 0.15) is 5.60 Å². The second-order valence-corrected chi connectivity index (χ2v) is 8.46. The third-order valence-corrected chi connectivity index (χ3v) is 4.74. The molecule has 0 spiro atoms. The molecule has 0 saturated carbocycles. The fourth-order valence-corrected chi connectivity index (χ4v) is 3.29. The van der Waals surface area contributed by atoms with Gasteiger partial charge >= 0.3 is 6.09 Å². The summed E-state index contributed by atoms with van der Waals surface area (Å²) in [6.45, 7) is 5.30. The Balaban J connectivity index is 1.89. The van der Waals surface area contributed by atoms with Gasteiger partial charge in [-0.15, -0.1) is 10.2 Å². The molecule has 0 saturated heterocycles. The van der Waals surface area contributed by atoms with Crippen LogP contribution in [0.25, 0.3) is 0 Å². The molecule has 3 aromatic rings. The summed E-state index contributed by atoms with van der Waals surface area (Å²) in [6.07, 6.45) is -0.724. The fraction of sp³-hybridized carbons (Fsp3) is 0.160. The highest BCUT2D eigenvalue weighted by Crippen LogP contribution is 2.28. The molecule has 34 heavy (non-hydrogen) atoms. The molecular formula is C25H23N5O4. The third-order valence-electron chi connectivity index (χ3n) is 4.74. The van der Waals surface area contributed by atoms with E-state index in [1.165, 1.54) is 12.1 Å². The Kier molecular flexibility index (Phi) is 6.09. The topological polar surface area (TPSA) is 101 Å². The minimum atomic E-state index is -0.739. The highest BCUT2D eigenvalue weighted by molar-refractivity contribution is 6.30. The van der Waals surface area contributed by atoms with E-state index in [2.05, 4.69) is 10.2 Å². The number of nitrogens with zero attached hydrogens (tertiary/aromatic N) is 5. The van der Waals surface area contributed by atoms with E-state index in [9.17, 15) is 14.9 Å². The number of benzene rings is 3. The van der Waals surface area contributed by atoms with Crippen LogP contribution in [-0.4, -0.2) is 33.4 Å². The van der Waals surface area contributed by atoms with Crippen molar-refractivity contribution in [1.29, 1.82) is 0 Å². The lowest BCUT2D eigenvalue weighted by Gasteiger charge is -2.33. The molecule has 1 aliphatic rings. The van der Waals surface area contributed by atoms with E-state index in [1.807, 2.05) is 60.7 Å². The SMILES string of the molecule is CC(C)(C)OC(=O)N1N=C(c2ccccc2)N(c2ccc([N+](=O)[O-])cc2)C(c2ccccc2)=N1. The summed E-state index contributed by atoms with van der Waals surface area (Å²) in [5.41, 5.74) is 1.26. The van der Waals surface area contributed by atoms with Crippen molar-refractivity contribution in [3.63, 3.8) is 0 Å². The van der Waals surface area contributed by atoms with Gasteiger partial charge in [0.15, 0.2) is 11.7 Å². The van der Waals surface area contributed by atoms with Gasteiger partial charge in [0, 0.05) is 28.9 Å². The largest absolute Gasteiger partial charge is 0.452 e. The first-order valence-corrected chi connectivity index (χ1v) is 10.6. The molecule has 0 aliphatic carbocycles. The van der Waals surface area contributed by atoms with Crippen molar-refractivity contribution in [2.24, 2.45) is 10.2 Å². The van der Waals surface area contributed by atoms with Gasteiger partial charge in [-0.05, 0) is 32.9 Å². The smallest absolute Gasteiger partial charge is 0.441 e. The van der Waals surface area contributed by atoms with E-state index in [0.717, 1.165) is 16.2 Å². The standard InChI is InChI=1S/C25H23N5O4/c1-25(2,3)34-24(31)29-26-22(18-10-6-4-7-11-18)28(20-14-16-21(17-15-20)30(32)33)23(27-29)19-12-8-5-9-13-19/h4-17H,1-3H3. The van der Waals surface area contributed by atoms with Crippen LogP contribution in [0.1, 0.15) is 31.9 Å². The van der Waals surface area contributed by atoms with Crippen LogP contribution in [0.2, 0.25) is 0 Å². The molecule has 0 N–H and O–H groups in total. The van der Waals surface area contributed by atoms with Gasteiger partial charge in [0.05, 0.1) is 4.92 Å². The van der Waals surface area contributed by atoms with E-state index >= 15 is 0 Å². The van der Waals surface area contributed by atoms with Crippen LogP contribution in [0.3, 0.4) is 0 Å². The molecule has 1 amide bonds. The normalized spacial score (nSPS) is 13.7. The number of hydrogen-bond donors (Lipinski definition) is 0. The Bertz CT molecular complexity index is 1190. The van der Waals surface area contributed by atoms with Crippen molar-refractivity contribution in [3.8, 4) is 0 Å². The van der Waals surface area contributed by atoms with Crippen molar-refractivity contribution in [2.75, 3.05) is 4.90 Å². The van der Waals surface area contributed by atoms with Gasteiger partial charge in [-0.25, -0.2) is 4.79 Å². The fourth-order valence-electron chi connectivity index (χ4n) is 3.29. The lowest BCUT2D eigenvalue weighted by Crippen LogP contribution is -2.46. The molecule has 0 bridgehead atoms. The molecule has 9 nitrogen and oxygen atoms in total. The number of carbonyl (C=O) groups is 1. The van der Waals surface area contributed by atoms with Crippen LogP contribution in [0.4, 0.5) is 16.2 Å². The van der Waals surface area contributed by atoms with Crippen molar-refractivity contribution >= 4 is 29.1 Å². The van der Waals surface area contributed by atoms with Gasteiger partial charge in [-0.2, -0.15) is 0 Å². The number of nitro benzene ring substituents is 1. The number of anilines is 1. The summed E-state index contributed by atoms with van der Waals surface area (Å²) in [4.78, 5) is 25.4. The number of hydrogen-bond acceptors (Lipinski definition) is 7. The molecule has 1 heterocycles. The first kappa shape index (κ1) is 22.7. The van der Waals surface area contributed by atoms with Gasteiger partial charge in [-0.1, -0.05) is 65.8 Å². The summed E-state index contributed by atoms with van der Waals surface area (Å²) >= 11 is 0. The summed E-state index contributed by atoms with van der Waals surface area (Å²) in [6, 6.07) is 24.7. The monoisotopic (exact) mass is 457 g/mol. The van der Waals surface area contributed by atoms with E-state index in [4.69, 9.17) is 4.74 Å². The Morgan fingerprint density at radius 1 is 0.824 bits per heavy atom. The van der Waals surface area contributed by atoms with Gasteiger partial charge < -0.3 is 4.74 Å². The molecule has 0 unspecified atom stereocenters. The van der Waals surface area contributed by atoms with Gasteiger partial charge in [-0.3, -0.25) is 15.0 Å². The molecule has 1 aliphatic heterocycles. The number of amidine groups is 2. The number of non-ortho nitro benzene ring substituents is 1. The van der Waals surface area contributed by atoms with Gasteiger partial charge in [0.25, 0.3) is 5.69 Å². The Morgan fingerprint density at radius 3 is 1.71 bits per heavy atom. The third kappa shape index (κ3) is 4.93. The number of amides is 1. The van der Waals surface area contributed by atoms with Crippen molar-refractivity contribution < 1.29 is 14.5 Å². The summed E-state index contributed by atoms with van der Waals surface area (Å²) < 4.78 is 5.51. The van der Waals surface area contributed by atoms with Crippen molar-refractivity contribution in [3.05, 3.63) is 106 Å². The van der Waals surface area contributed by atoms with E-state index in [-0.39, 0.29) is 5.69 Å². The maximum atomic E-state index is 12.9. The molecule has 9 heteroatoms. The molecule has 4 rings (SSSR count). The molecule has 0 aromatic heterocycles. The van der Waals surface area contributed by atoms with E-state index < -0.39 is 16.6 Å². The van der Waals surface area contributed by atoms with Crippen LogP contribution < -0.4 is 4.90 Å². The second kappa shape index (κ2) is 9.14. The van der Waals surface area contributed by atoms with Crippen LogP contribution >= 0.6 is 0 Å². The lowest BCUT2D eigenvalue weighted by molar-refractivity contribution is -0.384. The quantitative estimate of drug-likeness (QED) is 0.387. The maximum absolute atomic E-state index is 12.9. The average Bonchev–Trinajstić information content (AvgIpc) is 2.83. The Hall–Kier alpha value is -4.53. The first-order chi connectivity index (χ1) is 16.2. The number of nitro groups is 1. The van der Waals surface area contributed by atoms with Crippen molar-refractivity contribution in [2.45, 2.75) is 26.4 Å². The second-order valence-electron chi connectivity index (χ2n) is 8.46. The first-order valence-electron chi connectivity index (χ1n) is 10.6. The molecule has 0 atom stereocenters. The zero-order chi connectivity index (χ0) is 24.3. The highest BCUT2D eigenvalue weighted by Gasteiger charge is 2.32. The minimum absolute atomic E-state index is 0.0347. The minimum Gasteiger partial charge on any atom is -0.441 e. The zero-order valence-corrected chi connectivity index (χ0v) is 19.0. The van der Waals surface area contributed by atoms with Crippen LogP contribution in [0.15, 0.2) is 95.1 Å². The summed E-state index contributed by atoms with van der Waals surface area (Å²) in [5, 5.41) is 21.1. The van der Waals surface area contributed by atoms with Crippen molar-refractivity contribution in [1.82, 2.24) is 5.12 Å². The molecular weight excluding hydrogens is 434 g/mol. The Morgan fingerprint density at radius 2 is 1.29 bits per heavy atom. The van der Waals surface area contributed by atoms with Crippen LogP contribution in [-0.2, 0) is 4.74 Å². The molecule has 0 fully saturated rings. The molecule has 172 valence electrons. The number of carbonyl (C=O) groups excluding carboxylic acids is 1. The zero-order valence-electron chi connectivity index (χ0n) is 19.0. The van der Waals surface area contributed by atoms with E-state index in [1.54, 1.807) is 37.8 Å². The average molecular weight is 457 g/mol.